The van der Waals surface area contributed by atoms with Gasteiger partial charge in [-0.1, -0.05) is 11.6 Å². The Bertz CT molecular complexity index is 1760. The molecule has 1 saturated carbocycles. The fraction of sp³-hybridized carbons (Fsp3) is 0.370. The van der Waals surface area contributed by atoms with Gasteiger partial charge in [-0.05, 0) is 25.0 Å². The number of aromatic nitrogens is 3. The van der Waals surface area contributed by atoms with Crippen LogP contribution in [0.25, 0.3) is 21.9 Å². The van der Waals surface area contributed by atoms with E-state index in [1.54, 1.807) is 26.4 Å². The number of aromatic carboxylic acids is 1. The molecule has 1 aliphatic heterocycles. The van der Waals surface area contributed by atoms with Gasteiger partial charge in [0.1, 0.15) is 11.4 Å². The van der Waals surface area contributed by atoms with Crippen LogP contribution >= 0.6 is 11.6 Å². The third kappa shape index (κ3) is 5.00. The highest BCUT2D eigenvalue weighted by Gasteiger charge is 2.31. The number of benzene rings is 2. The molecule has 0 radical (unpaired) electrons. The standard InChI is InChI=1S/C27H26ClFN6O6/c28-23-24-18(26(37)19(27(38)39)13-34(24)15-1-2-15)10-20(29)25(23)32-7-5-31(6-8-32)11-17(36)12-33-14-30-21-4-3-16(35(40)41)9-22(21)33/h3-4,9-10,13-15,17,36H,1-2,5-8,11-12H2,(H,38,39). The van der Waals surface area contributed by atoms with Crippen molar-refractivity contribution in [3.05, 3.63) is 73.5 Å². The van der Waals surface area contributed by atoms with Gasteiger partial charge in [0, 0.05) is 57.1 Å². The third-order valence-corrected chi connectivity index (χ3v) is 8.09. The summed E-state index contributed by atoms with van der Waals surface area (Å²) >= 11 is 6.75. The van der Waals surface area contributed by atoms with Crippen LogP contribution in [-0.2, 0) is 6.54 Å². The van der Waals surface area contributed by atoms with Gasteiger partial charge >= 0.3 is 5.97 Å². The Balaban J connectivity index is 1.18. The van der Waals surface area contributed by atoms with E-state index in [1.165, 1.54) is 18.3 Å². The van der Waals surface area contributed by atoms with Gasteiger partial charge in [-0.2, -0.15) is 0 Å². The molecule has 2 fully saturated rings. The van der Waals surface area contributed by atoms with Gasteiger partial charge in [-0.25, -0.2) is 14.2 Å². The lowest BCUT2D eigenvalue weighted by molar-refractivity contribution is -0.384. The highest BCUT2D eigenvalue weighted by molar-refractivity contribution is 6.38. The zero-order chi connectivity index (χ0) is 29.0. The first-order valence-corrected chi connectivity index (χ1v) is 13.5. The topological polar surface area (TPSA) is 147 Å². The zero-order valence-corrected chi connectivity index (χ0v) is 22.5. The molecule has 3 heterocycles. The summed E-state index contributed by atoms with van der Waals surface area (Å²) in [6.07, 6.45) is 3.69. The third-order valence-electron chi connectivity index (χ3n) is 7.73. The van der Waals surface area contributed by atoms with E-state index in [1.807, 2.05) is 4.90 Å². The molecule has 1 unspecified atom stereocenters. The summed E-state index contributed by atoms with van der Waals surface area (Å²) in [5, 5.41) is 31.4. The van der Waals surface area contributed by atoms with E-state index in [4.69, 9.17) is 11.6 Å². The first kappa shape index (κ1) is 27.1. The van der Waals surface area contributed by atoms with Crippen LogP contribution in [0.3, 0.4) is 0 Å². The average Bonchev–Trinajstić information content (AvgIpc) is 3.71. The molecule has 0 spiro atoms. The molecule has 2 aliphatic rings. The number of β-amino-alcohol motifs (C(OH)–C–C–N with tert-alkyl or cyclic N) is 1. The lowest BCUT2D eigenvalue weighted by Gasteiger charge is -2.37. The van der Waals surface area contributed by atoms with E-state index in [0.29, 0.717) is 49.3 Å². The monoisotopic (exact) mass is 584 g/mol. The van der Waals surface area contributed by atoms with Crippen LogP contribution < -0.4 is 10.3 Å². The molecule has 4 aromatic rings. The number of hydrogen-bond donors (Lipinski definition) is 2. The molecule has 1 saturated heterocycles. The van der Waals surface area contributed by atoms with E-state index in [9.17, 15) is 29.9 Å². The van der Waals surface area contributed by atoms with Crippen LogP contribution in [0, 0.1) is 15.9 Å². The van der Waals surface area contributed by atoms with Crippen molar-refractivity contribution in [1.82, 2.24) is 19.0 Å². The highest BCUT2D eigenvalue weighted by atomic mass is 35.5. The van der Waals surface area contributed by atoms with Crippen molar-refractivity contribution in [3.8, 4) is 0 Å². The number of non-ortho nitro benzene ring substituents is 1. The predicted octanol–water partition coefficient (Wildman–Crippen LogP) is 3.27. The average molecular weight is 585 g/mol. The number of aliphatic hydroxyl groups is 1. The van der Waals surface area contributed by atoms with Crippen molar-refractivity contribution >= 4 is 50.9 Å². The number of piperazine rings is 1. The van der Waals surface area contributed by atoms with Crippen LogP contribution in [0.4, 0.5) is 15.8 Å². The second-order valence-electron chi connectivity index (χ2n) is 10.5. The summed E-state index contributed by atoms with van der Waals surface area (Å²) in [5.74, 6) is -2.06. The number of fused-ring (bicyclic) bond motifs is 2. The molecule has 214 valence electrons. The quantitative estimate of drug-likeness (QED) is 0.235. The summed E-state index contributed by atoms with van der Waals surface area (Å²) in [6.45, 7) is 2.37. The molecule has 6 rings (SSSR count). The Labute approximate surface area is 236 Å². The summed E-state index contributed by atoms with van der Waals surface area (Å²) in [5.41, 5.74) is 0.425. The van der Waals surface area contributed by atoms with Gasteiger partial charge in [0.05, 0.1) is 56.5 Å². The molecular formula is C27H26ClFN6O6. The summed E-state index contributed by atoms with van der Waals surface area (Å²) in [7, 11) is 0. The number of aliphatic hydroxyl groups excluding tert-OH is 1. The van der Waals surface area contributed by atoms with E-state index >= 15 is 4.39 Å². The molecule has 1 aliphatic carbocycles. The zero-order valence-electron chi connectivity index (χ0n) is 21.7. The molecule has 41 heavy (non-hydrogen) atoms. The Morgan fingerprint density at radius 2 is 1.93 bits per heavy atom. The number of hydrogen-bond acceptors (Lipinski definition) is 8. The molecular weight excluding hydrogens is 559 g/mol. The van der Waals surface area contributed by atoms with Gasteiger partial charge in [0.25, 0.3) is 5.69 Å². The minimum atomic E-state index is -1.37. The van der Waals surface area contributed by atoms with Crippen molar-refractivity contribution < 1.29 is 24.3 Å². The Hall–Kier alpha value is -4.07. The number of carboxylic acids is 1. The van der Waals surface area contributed by atoms with Crippen LogP contribution in [0.2, 0.25) is 5.02 Å². The summed E-state index contributed by atoms with van der Waals surface area (Å²) in [6, 6.07) is 5.48. The number of carbonyl (C=O) groups is 1. The largest absolute Gasteiger partial charge is 0.477 e. The van der Waals surface area contributed by atoms with Crippen molar-refractivity contribution in [3.63, 3.8) is 0 Å². The summed E-state index contributed by atoms with van der Waals surface area (Å²) < 4.78 is 18.8. The lowest BCUT2D eigenvalue weighted by Crippen LogP contribution is -2.49. The molecule has 2 aromatic heterocycles. The highest BCUT2D eigenvalue weighted by Crippen LogP contribution is 2.42. The Morgan fingerprint density at radius 1 is 1.20 bits per heavy atom. The fourth-order valence-electron chi connectivity index (χ4n) is 5.56. The first-order chi connectivity index (χ1) is 19.6. The van der Waals surface area contributed by atoms with Crippen molar-refractivity contribution in [2.75, 3.05) is 37.6 Å². The second kappa shape index (κ2) is 10.4. The molecule has 2 N–H and O–H groups in total. The number of anilines is 1. The Morgan fingerprint density at radius 3 is 2.59 bits per heavy atom. The van der Waals surface area contributed by atoms with Gasteiger partial charge in [0.15, 0.2) is 0 Å². The van der Waals surface area contributed by atoms with E-state index < -0.39 is 33.8 Å². The molecule has 12 nitrogen and oxygen atoms in total. The van der Waals surface area contributed by atoms with Crippen LogP contribution in [0.15, 0.2) is 41.6 Å². The van der Waals surface area contributed by atoms with Gasteiger partial charge in [-0.3, -0.25) is 19.8 Å². The lowest BCUT2D eigenvalue weighted by atomic mass is 10.1. The maximum absolute atomic E-state index is 15.4. The van der Waals surface area contributed by atoms with Crippen LogP contribution in [0.1, 0.15) is 29.2 Å². The predicted molar refractivity (Wildman–Crippen MR) is 149 cm³/mol. The van der Waals surface area contributed by atoms with Crippen molar-refractivity contribution in [1.29, 1.82) is 0 Å². The normalized spacial score (nSPS) is 16.9. The fourth-order valence-corrected chi connectivity index (χ4v) is 5.96. The smallest absolute Gasteiger partial charge is 0.341 e. The molecule has 2 aromatic carbocycles. The van der Waals surface area contributed by atoms with Crippen molar-refractivity contribution in [2.45, 2.75) is 31.5 Å². The number of nitro benzene ring substituents is 1. The van der Waals surface area contributed by atoms with E-state index in [2.05, 4.69) is 4.98 Å². The molecule has 0 amide bonds. The minimum absolute atomic E-state index is 0.00380. The number of rotatable bonds is 8. The molecule has 1 atom stereocenters. The first-order valence-electron chi connectivity index (χ1n) is 13.2. The van der Waals surface area contributed by atoms with E-state index in [-0.39, 0.29) is 34.4 Å². The van der Waals surface area contributed by atoms with Crippen LogP contribution in [-0.4, -0.2) is 79.0 Å². The number of halogens is 2. The number of carboxylic acid groups (broad SMARTS) is 1. The molecule has 0 bridgehead atoms. The maximum atomic E-state index is 15.4. The maximum Gasteiger partial charge on any atom is 0.341 e. The number of imidazole rings is 1. The number of nitro groups is 1. The number of nitrogens with zero attached hydrogens (tertiary/aromatic N) is 6. The van der Waals surface area contributed by atoms with Crippen LogP contribution in [0.5, 0.6) is 0 Å². The van der Waals surface area contributed by atoms with Gasteiger partial charge in [-0.15, -0.1) is 0 Å². The van der Waals surface area contributed by atoms with Gasteiger partial charge < -0.3 is 24.2 Å². The van der Waals surface area contributed by atoms with Gasteiger partial charge in [0.2, 0.25) is 5.43 Å². The number of pyridine rings is 1. The van der Waals surface area contributed by atoms with E-state index in [0.717, 1.165) is 18.9 Å². The molecule has 14 heteroatoms. The SMILES string of the molecule is O=C(O)c1cn(C2CC2)c2c(Cl)c(N3CCN(CC(O)Cn4cnc5ccc([N+](=O)[O-])cc54)CC3)c(F)cc2c1=O. The summed E-state index contributed by atoms with van der Waals surface area (Å²) in [4.78, 5) is 43.2. The second-order valence-corrected chi connectivity index (χ2v) is 10.9. The minimum Gasteiger partial charge on any atom is -0.477 e. The van der Waals surface area contributed by atoms with Crippen molar-refractivity contribution in [2.24, 2.45) is 0 Å². The Kier molecular flexibility index (Phi) is 6.88.